The van der Waals surface area contributed by atoms with Gasteiger partial charge in [0.1, 0.15) is 0 Å². The minimum atomic E-state index is 0.610. The van der Waals surface area contributed by atoms with E-state index in [2.05, 4.69) is 13.8 Å². The second kappa shape index (κ2) is 3.51. The monoisotopic (exact) mass is 335 g/mol. The summed E-state index contributed by atoms with van der Waals surface area (Å²) < 4.78 is 0. The van der Waals surface area contributed by atoms with Gasteiger partial charge in [0.2, 0.25) is 0 Å². The minimum absolute atomic E-state index is 0.610. The van der Waals surface area contributed by atoms with Gasteiger partial charge in [-0.25, -0.2) is 0 Å². The fourth-order valence-electron chi connectivity index (χ4n) is 13.2. The van der Waals surface area contributed by atoms with E-state index >= 15 is 0 Å². The molecule has 9 aliphatic carbocycles. The molecule has 0 amide bonds. The summed E-state index contributed by atoms with van der Waals surface area (Å²) in [7, 11) is 0. The van der Waals surface area contributed by atoms with E-state index in [0.29, 0.717) is 6.04 Å². The van der Waals surface area contributed by atoms with Gasteiger partial charge in [-0.05, 0) is 119 Å². The van der Waals surface area contributed by atoms with Crippen molar-refractivity contribution in [2.45, 2.75) is 39.2 Å². The molecule has 19 atom stereocenters. The minimum Gasteiger partial charge on any atom is -0.327 e. The van der Waals surface area contributed by atoms with Gasteiger partial charge in [-0.3, -0.25) is 0 Å². The molecule has 0 aromatic heterocycles. The quantitative estimate of drug-likeness (QED) is 0.671. The van der Waals surface area contributed by atoms with Gasteiger partial charge in [0.25, 0.3) is 0 Å². The molecule has 9 aliphatic rings. The average Bonchev–Trinajstić information content (AvgIpc) is 2.93. The molecule has 9 fully saturated rings. The van der Waals surface area contributed by atoms with Crippen LogP contribution in [0, 0.1) is 107 Å². The van der Waals surface area contributed by atoms with Gasteiger partial charge in [-0.1, -0.05) is 20.3 Å². The predicted molar refractivity (Wildman–Crippen MR) is 96.0 cm³/mol. The molecule has 9 saturated carbocycles. The molecule has 1 nitrogen and oxygen atoms in total. The molecular formula is C24H33N. The average molecular weight is 336 g/mol. The Labute approximate surface area is 151 Å². The second-order valence-electron chi connectivity index (χ2n) is 12.7. The highest BCUT2D eigenvalue weighted by Crippen LogP contribution is 2.92. The van der Waals surface area contributed by atoms with Crippen LogP contribution in [-0.2, 0) is 0 Å². The molecule has 0 radical (unpaired) electrons. The van der Waals surface area contributed by atoms with E-state index in [1.54, 1.807) is 12.8 Å². The van der Waals surface area contributed by atoms with Gasteiger partial charge < -0.3 is 5.73 Å². The van der Waals surface area contributed by atoms with Crippen LogP contribution in [0.4, 0.5) is 0 Å². The Bertz CT molecular complexity index is 715. The molecule has 0 bridgehead atoms. The van der Waals surface area contributed by atoms with E-state index in [1.807, 2.05) is 0 Å². The van der Waals surface area contributed by atoms with E-state index in [9.17, 15) is 0 Å². The lowest BCUT2D eigenvalue weighted by Gasteiger charge is -2.90. The third-order valence-corrected chi connectivity index (χ3v) is 13.4. The smallest absolute Gasteiger partial charge is 0.00756 e. The molecule has 0 spiro atoms. The lowest BCUT2D eigenvalue weighted by atomic mass is 9.14. The third kappa shape index (κ3) is 0.973. The third-order valence-electron chi connectivity index (χ3n) is 13.4. The Morgan fingerprint density at radius 1 is 0.520 bits per heavy atom. The normalized spacial score (nSPS) is 85.3. The Balaban J connectivity index is 1.05. The summed E-state index contributed by atoms with van der Waals surface area (Å²) >= 11 is 0. The zero-order chi connectivity index (χ0) is 16.1. The van der Waals surface area contributed by atoms with Crippen molar-refractivity contribution in [3.8, 4) is 0 Å². The molecule has 0 heterocycles. The molecule has 1 heteroatoms. The highest BCUT2D eigenvalue weighted by molar-refractivity contribution is 5.36. The summed E-state index contributed by atoms with van der Waals surface area (Å²) in [4.78, 5) is 0. The molecule has 134 valence electrons. The van der Waals surface area contributed by atoms with Crippen LogP contribution < -0.4 is 5.73 Å². The maximum Gasteiger partial charge on any atom is 0.00756 e. The SMILES string of the molecule is CC1CCC2C1C1C(C)C3C(C21)C1C3C2C3C4C5C(N)CC5C4C3C12. The Hall–Kier alpha value is -0.0400. The van der Waals surface area contributed by atoms with E-state index in [0.717, 1.165) is 35.5 Å². The van der Waals surface area contributed by atoms with Crippen LogP contribution in [-0.4, -0.2) is 6.04 Å². The van der Waals surface area contributed by atoms with E-state index in [1.165, 1.54) is 77.4 Å². The molecule has 9 rings (SSSR count). The summed E-state index contributed by atoms with van der Waals surface area (Å²) in [5.41, 5.74) is 6.37. The van der Waals surface area contributed by atoms with Gasteiger partial charge in [0.15, 0.2) is 0 Å². The molecule has 0 aromatic rings. The van der Waals surface area contributed by atoms with Crippen LogP contribution in [0.1, 0.15) is 33.1 Å². The molecule has 0 aliphatic heterocycles. The van der Waals surface area contributed by atoms with E-state index in [-0.39, 0.29) is 0 Å². The number of hydrogen-bond acceptors (Lipinski definition) is 1. The highest BCUT2D eigenvalue weighted by atomic mass is 14.9. The largest absolute Gasteiger partial charge is 0.327 e. The number of fused-ring (bicyclic) bond motifs is 21. The van der Waals surface area contributed by atoms with Gasteiger partial charge in [0.05, 0.1) is 0 Å². The Kier molecular flexibility index (Phi) is 1.85. The molecule has 25 heavy (non-hydrogen) atoms. The van der Waals surface area contributed by atoms with E-state index < -0.39 is 0 Å². The molecule has 0 saturated heterocycles. The fraction of sp³-hybridized carbons (Fsp3) is 1.00. The molecular weight excluding hydrogens is 302 g/mol. The maximum absolute atomic E-state index is 6.37. The first kappa shape index (κ1) is 13.2. The lowest BCUT2D eigenvalue weighted by Crippen LogP contribution is -2.88. The van der Waals surface area contributed by atoms with Crippen molar-refractivity contribution in [1.29, 1.82) is 0 Å². The molecule has 19 unspecified atom stereocenters. The summed E-state index contributed by atoms with van der Waals surface area (Å²) in [5, 5.41) is 0. The van der Waals surface area contributed by atoms with Crippen molar-refractivity contribution in [1.82, 2.24) is 0 Å². The van der Waals surface area contributed by atoms with Gasteiger partial charge in [-0.2, -0.15) is 0 Å². The summed E-state index contributed by atoms with van der Waals surface area (Å²) in [6.07, 6.45) is 4.56. The van der Waals surface area contributed by atoms with Gasteiger partial charge in [-0.15, -0.1) is 0 Å². The number of nitrogens with two attached hydrogens (primary N) is 1. The van der Waals surface area contributed by atoms with Crippen LogP contribution in [0.25, 0.3) is 0 Å². The number of hydrogen-bond donors (Lipinski definition) is 1. The summed E-state index contributed by atoms with van der Waals surface area (Å²) in [6, 6.07) is 0.610. The van der Waals surface area contributed by atoms with Gasteiger partial charge in [0, 0.05) is 6.04 Å². The zero-order valence-electron chi connectivity index (χ0n) is 15.7. The highest BCUT2D eigenvalue weighted by Gasteiger charge is 2.89. The fourth-order valence-corrected chi connectivity index (χ4v) is 13.2. The number of rotatable bonds is 0. The van der Waals surface area contributed by atoms with Crippen molar-refractivity contribution in [3.05, 3.63) is 0 Å². The van der Waals surface area contributed by atoms with Crippen LogP contribution in [0.5, 0.6) is 0 Å². The Morgan fingerprint density at radius 3 is 1.76 bits per heavy atom. The standard InChI is InChI=1S/C24H33N/c1-6-3-4-8-11(6)12-7(2)13-17(15(8)12)21-18(13)22-23-19-14-9(5-10(14)25)16(19)20(23)24(21)22/h6-24H,3-5,25H2,1-2H3. The molecule has 0 aromatic carbocycles. The summed E-state index contributed by atoms with van der Waals surface area (Å²) in [5.74, 6) is 21.0. The van der Waals surface area contributed by atoms with Crippen LogP contribution in [0.2, 0.25) is 0 Å². The topological polar surface area (TPSA) is 26.0 Å². The van der Waals surface area contributed by atoms with E-state index in [4.69, 9.17) is 5.73 Å². The van der Waals surface area contributed by atoms with Crippen molar-refractivity contribution >= 4 is 0 Å². The van der Waals surface area contributed by atoms with Crippen molar-refractivity contribution in [2.24, 2.45) is 112 Å². The summed E-state index contributed by atoms with van der Waals surface area (Å²) in [6.45, 7) is 5.29. The first-order chi connectivity index (χ1) is 12.2. The van der Waals surface area contributed by atoms with Crippen LogP contribution in [0.15, 0.2) is 0 Å². The predicted octanol–water partition coefficient (Wildman–Crippen LogP) is 3.74. The van der Waals surface area contributed by atoms with Crippen molar-refractivity contribution in [2.75, 3.05) is 0 Å². The first-order valence-corrected chi connectivity index (χ1v) is 12.0. The first-order valence-electron chi connectivity index (χ1n) is 12.0. The van der Waals surface area contributed by atoms with Crippen LogP contribution in [0.3, 0.4) is 0 Å². The maximum atomic E-state index is 6.37. The van der Waals surface area contributed by atoms with Gasteiger partial charge >= 0.3 is 0 Å². The second-order valence-corrected chi connectivity index (χ2v) is 12.7. The van der Waals surface area contributed by atoms with Crippen molar-refractivity contribution < 1.29 is 0 Å². The van der Waals surface area contributed by atoms with Crippen molar-refractivity contribution in [3.63, 3.8) is 0 Å². The van der Waals surface area contributed by atoms with Crippen LogP contribution >= 0.6 is 0 Å². The Morgan fingerprint density at radius 2 is 1.04 bits per heavy atom. The molecule has 2 N–H and O–H groups in total. The zero-order valence-corrected chi connectivity index (χ0v) is 15.7. The lowest BCUT2D eigenvalue weighted by molar-refractivity contribution is -0.434.